The first-order valence-electron chi connectivity index (χ1n) is 9.66. The quantitative estimate of drug-likeness (QED) is 0.430. The summed E-state index contributed by atoms with van der Waals surface area (Å²) in [6, 6.07) is 10.1. The number of para-hydroxylation sites is 1. The molecule has 2 aromatic carbocycles. The van der Waals surface area contributed by atoms with Gasteiger partial charge in [-0.15, -0.1) is 10.2 Å². The van der Waals surface area contributed by atoms with Gasteiger partial charge in [0.15, 0.2) is 11.0 Å². The van der Waals surface area contributed by atoms with E-state index in [0.717, 1.165) is 0 Å². The highest BCUT2D eigenvalue weighted by molar-refractivity contribution is 7.99. The summed E-state index contributed by atoms with van der Waals surface area (Å²) < 4.78 is 15.5. The molecule has 0 bridgehead atoms. The molecule has 0 saturated heterocycles. The number of hydrogen-bond acceptors (Lipinski definition) is 5. The lowest BCUT2D eigenvalue weighted by molar-refractivity contribution is -0.113. The van der Waals surface area contributed by atoms with Crippen molar-refractivity contribution in [3.8, 4) is 0 Å². The molecule has 0 spiro atoms. The summed E-state index contributed by atoms with van der Waals surface area (Å²) in [5, 5.41) is 14.9. The molecule has 2 N–H and O–H groups in total. The molecule has 1 atom stereocenters. The van der Waals surface area contributed by atoms with Crippen LogP contribution in [0.15, 0.2) is 47.6 Å². The Labute approximate surface area is 198 Å². The van der Waals surface area contributed by atoms with Crippen molar-refractivity contribution in [3.05, 3.63) is 69.7 Å². The second-order valence-corrected chi connectivity index (χ2v) is 8.51. The van der Waals surface area contributed by atoms with Crippen molar-refractivity contribution in [3.63, 3.8) is 0 Å². The van der Waals surface area contributed by atoms with E-state index in [1.807, 2.05) is 6.92 Å². The van der Waals surface area contributed by atoms with Crippen LogP contribution in [0.1, 0.15) is 36.1 Å². The second kappa shape index (κ2) is 10.8. The van der Waals surface area contributed by atoms with Crippen molar-refractivity contribution < 1.29 is 14.0 Å². The normalized spacial score (nSPS) is 11.8. The highest BCUT2D eigenvalue weighted by Crippen LogP contribution is 2.24. The van der Waals surface area contributed by atoms with Gasteiger partial charge in [0.1, 0.15) is 5.82 Å². The number of nitrogens with zero attached hydrogens (tertiary/aromatic N) is 3. The van der Waals surface area contributed by atoms with Gasteiger partial charge in [0, 0.05) is 11.6 Å². The Morgan fingerprint density at radius 2 is 1.94 bits per heavy atom. The molecule has 0 radical (unpaired) electrons. The van der Waals surface area contributed by atoms with Crippen LogP contribution in [-0.4, -0.2) is 32.3 Å². The molecule has 0 aliphatic heterocycles. The third-order valence-corrected chi connectivity index (χ3v) is 5.97. The van der Waals surface area contributed by atoms with Gasteiger partial charge in [-0.2, -0.15) is 0 Å². The maximum absolute atomic E-state index is 13.7. The Morgan fingerprint density at radius 1 is 1.19 bits per heavy atom. The maximum Gasteiger partial charge on any atom is 0.253 e. The lowest BCUT2D eigenvalue weighted by Crippen LogP contribution is -2.29. The highest BCUT2D eigenvalue weighted by atomic mass is 35.5. The fraction of sp³-hybridized carbons (Fsp3) is 0.238. The lowest BCUT2D eigenvalue weighted by Gasteiger charge is -2.15. The Bertz CT molecular complexity index is 1140. The summed E-state index contributed by atoms with van der Waals surface area (Å²) in [4.78, 5) is 24.8. The predicted octanol–water partition coefficient (Wildman–Crippen LogP) is 4.97. The zero-order valence-corrected chi connectivity index (χ0v) is 19.6. The van der Waals surface area contributed by atoms with E-state index in [1.54, 1.807) is 35.8 Å². The molecule has 11 heteroatoms. The standard InChI is InChI=1S/C21H20Cl2FN5O2S/c1-3-29-19(12(2)25-20(31)14-9-8-13(22)10-15(14)23)27-28-21(29)32-11-18(30)26-17-7-5-4-6-16(17)24/h4-10,12H,3,11H2,1-2H3,(H,25,31)(H,26,30)/t12-/m1/s1. The van der Waals surface area contributed by atoms with Crippen molar-refractivity contribution >= 4 is 52.5 Å². The van der Waals surface area contributed by atoms with Crippen LogP contribution in [-0.2, 0) is 11.3 Å². The third kappa shape index (κ3) is 5.79. The van der Waals surface area contributed by atoms with Gasteiger partial charge in [0.25, 0.3) is 5.91 Å². The van der Waals surface area contributed by atoms with E-state index >= 15 is 0 Å². The first-order chi connectivity index (χ1) is 15.3. The van der Waals surface area contributed by atoms with E-state index in [-0.39, 0.29) is 28.3 Å². The topological polar surface area (TPSA) is 88.9 Å². The van der Waals surface area contributed by atoms with Crippen molar-refractivity contribution in [1.29, 1.82) is 0 Å². The smallest absolute Gasteiger partial charge is 0.253 e. The van der Waals surface area contributed by atoms with Crippen LogP contribution in [0.4, 0.5) is 10.1 Å². The Kier molecular flexibility index (Phi) is 8.11. The van der Waals surface area contributed by atoms with Gasteiger partial charge in [-0.3, -0.25) is 9.59 Å². The average molecular weight is 496 g/mol. The summed E-state index contributed by atoms with van der Waals surface area (Å²) in [7, 11) is 0. The molecule has 0 aliphatic carbocycles. The van der Waals surface area contributed by atoms with E-state index in [1.165, 1.54) is 30.0 Å². The minimum absolute atomic E-state index is 0.0214. The minimum Gasteiger partial charge on any atom is -0.342 e. The maximum atomic E-state index is 13.7. The molecule has 0 aliphatic rings. The number of halogens is 3. The monoisotopic (exact) mass is 495 g/mol. The fourth-order valence-electron chi connectivity index (χ4n) is 2.92. The van der Waals surface area contributed by atoms with Gasteiger partial charge in [-0.1, -0.05) is 47.1 Å². The Balaban J connectivity index is 1.65. The van der Waals surface area contributed by atoms with Crippen LogP contribution in [0.25, 0.3) is 0 Å². The van der Waals surface area contributed by atoms with Crippen molar-refractivity contribution in [2.24, 2.45) is 0 Å². The average Bonchev–Trinajstić information content (AvgIpc) is 3.17. The van der Waals surface area contributed by atoms with E-state index in [0.29, 0.717) is 28.1 Å². The van der Waals surface area contributed by atoms with Gasteiger partial charge in [0.2, 0.25) is 5.91 Å². The summed E-state index contributed by atoms with van der Waals surface area (Å²) >= 11 is 13.2. The van der Waals surface area contributed by atoms with E-state index < -0.39 is 11.9 Å². The van der Waals surface area contributed by atoms with Crippen LogP contribution in [0.5, 0.6) is 0 Å². The molecule has 1 aromatic heterocycles. The van der Waals surface area contributed by atoms with Crippen LogP contribution < -0.4 is 10.6 Å². The first kappa shape index (κ1) is 24.0. The Hall–Kier alpha value is -2.62. The van der Waals surface area contributed by atoms with Crippen LogP contribution >= 0.6 is 35.0 Å². The van der Waals surface area contributed by atoms with Crippen molar-refractivity contribution in [2.75, 3.05) is 11.1 Å². The highest BCUT2D eigenvalue weighted by Gasteiger charge is 2.21. The summed E-state index contributed by atoms with van der Waals surface area (Å²) in [5.74, 6) is -0.694. The number of hydrogen-bond donors (Lipinski definition) is 2. The number of anilines is 1. The predicted molar refractivity (Wildman–Crippen MR) is 124 cm³/mol. The van der Waals surface area contributed by atoms with Crippen LogP contribution in [0.3, 0.4) is 0 Å². The number of nitrogens with one attached hydrogen (secondary N) is 2. The molecule has 0 fully saturated rings. The van der Waals surface area contributed by atoms with Crippen molar-refractivity contribution in [1.82, 2.24) is 20.1 Å². The molecule has 0 unspecified atom stereocenters. The largest absolute Gasteiger partial charge is 0.342 e. The second-order valence-electron chi connectivity index (χ2n) is 6.72. The summed E-state index contributed by atoms with van der Waals surface area (Å²) in [6.45, 7) is 4.21. The molecule has 3 aromatic rings. The van der Waals surface area contributed by atoms with Gasteiger partial charge in [-0.25, -0.2) is 4.39 Å². The molecule has 168 valence electrons. The van der Waals surface area contributed by atoms with Gasteiger partial charge in [0.05, 0.1) is 28.1 Å². The molecule has 0 saturated carbocycles. The molecule has 3 rings (SSSR count). The molecular formula is C21H20Cl2FN5O2S. The van der Waals surface area contributed by atoms with E-state index in [9.17, 15) is 14.0 Å². The van der Waals surface area contributed by atoms with Gasteiger partial charge < -0.3 is 15.2 Å². The zero-order chi connectivity index (χ0) is 23.3. The zero-order valence-electron chi connectivity index (χ0n) is 17.2. The number of rotatable bonds is 8. The number of carbonyl (C=O) groups is 2. The number of thioether (sulfide) groups is 1. The first-order valence-corrected chi connectivity index (χ1v) is 11.4. The summed E-state index contributed by atoms with van der Waals surface area (Å²) in [6.07, 6.45) is 0. The minimum atomic E-state index is -0.504. The van der Waals surface area contributed by atoms with Gasteiger partial charge >= 0.3 is 0 Å². The number of carbonyl (C=O) groups excluding carboxylic acids is 2. The molecular weight excluding hydrogens is 476 g/mol. The van der Waals surface area contributed by atoms with E-state index in [4.69, 9.17) is 23.2 Å². The van der Waals surface area contributed by atoms with E-state index in [2.05, 4.69) is 20.8 Å². The molecule has 2 amide bonds. The third-order valence-electron chi connectivity index (χ3n) is 4.45. The number of amides is 2. The number of benzene rings is 2. The van der Waals surface area contributed by atoms with Crippen molar-refractivity contribution in [2.45, 2.75) is 31.6 Å². The van der Waals surface area contributed by atoms with Crippen LogP contribution in [0, 0.1) is 5.82 Å². The molecule has 1 heterocycles. The lowest BCUT2D eigenvalue weighted by atomic mass is 10.2. The van der Waals surface area contributed by atoms with Crippen LogP contribution in [0.2, 0.25) is 10.0 Å². The SMILES string of the molecule is CCn1c(SCC(=O)Nc2ccccc2F)nnc1[C@@H](C)NC(=O)c1ccc(Cl)cc1Cl. The fourth-order valence-corrected chi connectivity index (χ4v) is 4.22. The molecule has 7 nitrogen and oxygen atoms in total. The van der Waals surface area contributed by atoms with Gasteiger partial charge in [-0.05, 0) is 44.2 Å². The Morgan fingerprint density at radius 3 is 2.62 bits per heavy atom. The number of aromatic nitrogens is 3. The summed E-state index contributed by atoms with van der Waals surface area (Å²) in [5.41, 5.74) is 0.415. The molecule has 32 heavy (non-hydrogen) atoms.